The Labute approximate surface area is 127 Å². The van der Waals surface area contributed by atoms with E-state index in [2.05, 4.69) is 0 Å². The Morgan fingerprint density at radius 1 is 1.19 bits per heavy atom. The third kappa shape index (κ3) is 3.87. The highest BCUT2D eigenvalue weighted by Crippen LogP contribution is 2.30. The summed E-state index contributed by atoms with van der Waals surface area (Å²) in [5.41, 5.74) is 2.27. The molecule has 1 aliphatic rings. The number of fused-ring (bicyclic) bond motifs is 1. The van der Waals surface area contributed by atoms with Crippen LogP contribution in [0.3, 0.4) is 0 Å². The molecular weight excluding hydrogens is 295 g/mol. The van der Waals surface area contributed by atoms with Crippen molar-refractivity contribution in [1.82, 2.24) is 8.61 Å². The molecule has 2 rings (SSSR count). The first-order valence-corrected chi connectivity index (χ1v) is 7.39. The lowest BCUT2D eigenvalue weighted by Gasteiger charge is -2.22. The van der Waals surface area contributed by atoms with Gasteiger partial charge in [-0.3, -0.25) is 0 Å². The third-order valence-corrected chi connectivity index (χ3v) is 4.08. The van der Waals surface area contributed by atoms with Crippen LogP contribution in [-0.2, 0) is 12.8 Å². The van der Waals surface area contributed by atoms with Gasteiger partial charge in [0, 0.05) is 14.1 Å². The number of halogens is 1. The van der Waals surface area contributed by atoms with E-state index in [9.17, 15) is 14.0 Å². The molecule has 0 heterocycles. The van der Waals surface area contributed by atoms with E-state index in [0.29, 0.717) is 22.2 Å². The fourth-order valence-corrected chi connectivity index (χ4v) is 2.78. The first-order valence-electron chi connectivity index (χ1n) is 6.66. The quantitative estimate of drug-likeness (QED) is 0.486. The number of hydrogen-bond donors (Lipinski definition) is 0. The van der Waals surface area contributed by atoms with Gasteiger partial charge in [-0.05, 0) is 42.9 Å². The van der Waals surface area contributed by atoms with E-state index in [1.807, 2.05) is 12.1 Å². The summed E-state index contributed by atoms with van der Waals surface area (Å²) in [5.74, 6) is 0.541. The monoisotopic (exact) mass is 312 g/mol. The highest BCUT2D eigenvalue weighted by molar-refractivity contribution is 7.95. The van der Waals surface area contributed by atoms with Crippen LogP contribution >= 0.6 is 12.1 Å². The SMILES string of the molecule is CN(SN(C)C(=O)Oc1cccc2c1CCCC2)C(=O)F. The summed E-state index contributed by atoms with van der Waals surface area (Å²) in [5, 5.41) is 0. The Morgan fingerprint density at radius 2 is 1.90 bits per heavy atom. The third-order valence-electron chi connectivity index (χ3n) is 3.30. The molecule has 0 bridgehead atoms. The number of aryl methyl sites for hydroxylation is 1. The second-order valence-corrected chi connectivity index (χ2v) is 6.06. The molecule has 114 valence electrons. The maximum Gasteiger partial charge on any atom is 0.426 e. The van der Waals surface area contributed by atoms with Crippen molar-refractivity contribution in [3.05, 3.63) is 29.3 Å². The van der Waals surface area contributed by atoms with Gasteiger partial charge in [0.15, 0.2) is 0 Å². The molecule has 0 fully saturated rings. The predicted octanol–water partition coefficient (Wildman–Crippen LogP) is 3.58. The minimum Gasteiger partial charge on any atom is -0.409 e. The maximum absolute atomic E-state index is 12.5. The van der Waals surface area contributed by atoms with Gasteiger partial charge in [-0.25, -0.2) is 18.2 Å². The van der Waals surface area contributed by atoms with Crippen molar-refractivity contribution in [2.24, 2.45) is 0 Å². The lowest BCUT2D eigenvalue weighted by atomic mass is 9.91. The standard InChI is InChI=1S/C14H17FN2O3S/c1-16(13(15)18)21-17(2)14(19)20-12-9-5-7-10-6-3-4-8-11(10)12/h5,7,9H,3-4,6,8H2,1-2H3. The highest BCUT2D eigenvalue weighted by Gasteiger charge is 2.20. The normalized spacial score (nSPS) is 13.3. The van der Waals surface area contributed by atoms with Crippen LogP contribution in [0.2, 0.25) is 0 Å². The van der Waals surface area contributed by atoms with Crippen molar-refractivity contribution in [2.75, 3.05) is 14.1 Å². The number of benzene rings is 1. The van der Waals surface area contributed by atoms with Crippen molar-refractivity contribution < 1.29 is 18.7 Å². The predicted molar refractivity (Wildman–Crippen MR) is 78.7 cm³/mol. The van der Waals surface area contributed by atoms with Gasteiger partial charge in [0.25, 0.3) is 0 Å². The number of rotatable bonds is 3. The molecule has 0 spiro atoms. The van der Waals surface area contributed by atoms with Crippen molar-refractivity contribution in [2.45, 2.75) is 25.7 Å². The number of nitrogens with zero attached hydrogens (tertiary/aromatic N) is 2. The molecule has 5 nitrogen and oxygen atoms in total. The van der Waals surface area contributed by atoms with E-state index in [1.165, 1.54) is 19.7 Å². The minimum absolute atomic E-state index is 0.541. The van der Waals surface area contributed by atoms with Gasteiger partial charge < -0.3 is 4.74 Å². The largest absolute Gasteiger partial charge is 0.426 e. The van der Waals surface area contributed by atoms with Crippen LogP contribution in [-0.4, -0.2) is 35.0 Å². The molecule has 1 aromatic rings. The molecule has 0 radical (unpaired) electrons. The average molecular weight is 312 g/mol. The van der Waals surface area contributed by atoms with Crippen LogP contribution in [0, 0.1) is 0 Å². The first kappa shape index (κ1) is 15.6. The van der Waals surface area contributed by atoms with Crippen LogP contribution in [0.25, 0.3) is 0 Å². The van der Waals surface area contributed by atoms with E-state index >= 15 is 0 Å². The smallest absolute Gasteiger partial charge is 0.409 e. The molecule has 0 N–H and O–H groups in total. The van der Waals surface area contributed by atoms with E-state index in [0.717, 1.165) is 35.6 Å². The zero-order valence-electron chi connectivity index (χ0n) is 12.0. The minimum atomic E-state index is -1.63. The van der Waals surface area contributed by atoms with Crippen molar-refractivity contribution in [3.63, 3.8) is 0 Å². The summed E-state index contributed by atoms with van der Waals surface area (Å²) in [6, 6.07) is 5.65. The molecule has 0 atom stereocenters. The lowest BCUT2D eigenvalue weighted by Crippen LogP contribution is -2.29. The summed E-state index contributed by atoms with van der Waals surface area (Å²) in [6.07, 6.45) is 1.82. The molecule has 1 aromatic carbocycles. The molecule has 0 aliphatic heterocycles. The summed E-state index contributed by atoms with van der Waals surface area (Å²) in [7, 11) is 2.66. The van der Waals surface area contributed by atoms with Gasteiger partial charge in [0.2, 0.25) is 0 Å². The van der Waals surface area contributed by atoms with Crippen molar-refractivity contribution in [1.29, 1.82) is 0 Å². The lowest BCUT2D eigenvalue weighted by molar-refractivity contribution is 0.185. The number of amides is 2. The number of hydrogen-bond acceptors (Lipinski definition) is 4. The van der Waals surface area contributed by atoms with Gasteiger partial charge in [-0.1, -0.05) is 12.1 Å². The van der Waals surface area contributed by atoms with Crippen LogP contribution in [0.4, 0.5) is 14.0 Å². The van der Waals surface area contributed by atoms with Gasteiger partial charge in [0.05, 0.1) is 12.1 Å². The van der Waals surface area contributed by atoms with E-state index < -0.39 is 12.3 Å². The Morgan fingerprint density at radius 3 is 2.62 bits per heavy atom. The molecule has 21 heavy (non-hydrogen) atoms. The topological polar surface area (TPSA) is 49.9 Å². The molecule has 0 unspecified atom stereocenters. The van der Waals surface area contributed by atoms with E-state index in [4.69, 9.17) is 4.74 Å². The molecule has 0 saturated carbocycles. The molecule has 2 amide bonds. The zero-order chi connectivity index (χ0) is 15.4. The molecular formula is C14H17FN2O3S. The van der Waals surface area contributed by atoms with Gasteiger partial charge in [-0.2, -0.15) is 0 Å². The fourth-order valence-electron chi connectivity index (χ4n) is 2.25. The Hall–Kier alpha value is -1.76. The highest BCUT2D eigenvalue weighted by atomic mass is 32.2. The number of carbonyl (C=O) groups is 2. The Balaban J connectivity index is 2.04. The second kappa shape index (κ2) is 6.80. The van der Waals surface area contributed by atoms with Gasteiger partial charge >= 0.3 is 12.3 Å². The summed E-state index contributed by atoms with van der Waals surface area (Å²) in [6.45, 7) is 0. The van der Waals surface area contributed by atoms with Crippen LogP contribution < -0.4 is 4.74 Å². The molecule has 0 saturated heterocycles. The molecule has 7 heteroatoms. The van der Waals surface area contributed by atoms with Crippen LogP contribution in [0.1, 0.15) is 24.0 Å². The second-order valence-electron chi connectivity index (χ2n) is 4.80. The first-order chi connectivity index (χ1) is 9.99. The van der Waals surface area contributed by atoms with Gasteiger partial charge in [-0.15, -0.1) is 4.39 Å². The van der Waals surface area contributed by atoms with Gasteiger partial charge in [0.1, 0.15) is 5.75 Å². The molecule has 1 aliphatic carbocycles. The van der Waals surface area contributed by atoms with E-state index in [1.54, 1.807) is 6.07 Å². The average Bonchev–Trinajstić information content (AvgIpc) is 2.47. The van der Waals surface area contributed by atoms with E-state index in [-0.39, 0.29) is 0 Å². The maximum atomic E-state index is 12.5. The number of ether oxygens (including phenoxy) is 1. The number of carbonyl (C=O) groups excluding carboxylic acids is 2. The van der Waals surface area contributed by atoms with Crippen molar-refractivity contribution in [3.8, 4) is 5.75 Å². The Kier molecular flexibility index (Phi) is 5.06. The fraction of sp³-hybridized carbons (Fsp3) is 0.429. The van der Waals surface area contributed by atoms with Crippen molar-refractivity contribution >= 4 is 24.4 Å². The Bertz CT molecular complexity index is 553. The summed E-state index contributed by atoms with van der Waals surface area (Å²) >= 11 is 0.640. The summed E-state index contributed by atoms with van der Waals surface area (Å²) < 4.78 is 19.6. The zero-order valence-corrected chi connectivity index (χ0v) is 12.8. The summed E-state index contributed by atoms with van der Waals surface area (Å²) in [4.78, 5) is 22.5. The van der Waals surface area contributed by atoms with Crippen LogP contribution in [0.5, 0.6) is 5.75 Å². The van der Waals surface area contributed by atoms with Crippen LogP contribution in [0.15, 0.2) is 18.2 Å². The molecule has 0 aromatic heterocycles.